The van der Waals surface area contributed by atoms with Gasteiger partial charge in [-0.15, -0.1) is 6.58 Å². The zero-order valence-corrected chi connectivity index (χ0v) is 15.2. The number of amides is 3. The maximum atomic E-state index is 12.9. The van der Waals surface area contributed by atoms with E-state index in [1.54, 1.807) is 4.90 Å². The van der Waals surface area contributed by atoms with Crippen LogP contribution in [-0.4, -0.2) is 36.2 Å². The van der Waals surface area contributed by atoms with E-state index >= 15 is 0 Å². The maximum absolute atomic E-state index is 12.9. The van der Waals surface area contributed by atoms with E-state index in [-0.39, 0.29) is 24.7 Å². The second-order valence-electron chi connectivity index (χ2n) is 7.35. The third kappa shape index (κ3) is 4.18. The Bertz CT molecular complexity index is 458. The minimum atomic E-state index is -0.408. The van der Waals surface area contributed by atoms with Crippen LogP contribution in [0.1, 0.15) is 65.2 Å². The number of nitrogens with one attached hydrogen (secondary N) is 1. The van der Waals surface area contributed by atoms with Crippen LogP contribution in [0.3, 0.4) is 0 Å². The molecule has 2 aliphatic rings. The third-order valence-electron chi connectivity index (χ3n) is 5.82. The number of urea groups is 1. The molecule has 0 aromatic heterocycles. The van der Waals surface area contributed by atoms with E-state index in [1.165, 1.54) is 6.42 Å². The van der Waals surface area contributed by atoms with Gasteiger partial charge in [0.1, 0.15) is 6.73 Å². The van der Waals surface area contributed by atoms with E-state index in [1.807, 2.05) is 6.08 Å². The Morgan fingerprint density at radius 2 is 2.08 bits per heavy atom. The molecule has 5 heteroatoms. The van der Waals surface area contributed by atoms with Gasteiger partial charge in [-0.25, -0.2) is 4.79 Å². The summed E-state index contributed by atoms with van der Waals surface area (Å²) >= 11 is 0. The molecule has 0 aromatic carbocycles. The molecular formula is C19H32N2O3. The van der Waals surface area contributed by atoms with Crippen molar-refractivity contribution in [3.8, 4) is 0 Å². The van der Waals surface area contributed by atoms with E-state index in [9.17, 15) is 9.59 Å². The van der Waals surface area contributed by atoms with E-state index in [0.29, 0.717) is 12.5 Å². The molecule has 0 spiro atoms. The first kappa shape index (κ1) is 19.0. The number of hydrogen-bond acceptors (Lipinski definition) is 3. The number of imide groups is 1. The molecule has 24 heavy (non-hydrogen) atoms. The molecule has 2 atom stereocenters. The van der Waals surface area contributed by atoms with Crippen molar-refractivity contribution >= 4 is 11.9 Å². The van der Waals surface area contributed by atoms with Crippen molar-refractivity contribution in [3.05, 3.63) is 12.7 Å². The second kappa shape index (κ2) is 8.65. The number of rotatable bonds is 6. The fourth-order valence-electron chi connectivity index (χ4n) is 3.91. The SMILES string of the molecule is C=CCCC1(C(=O)NC(=O)N2COC[C@@H]2C(C)CC)CCCCC1. The zero-order chi connectivity index (χ0) is 17.6. The van der Waals surface area contributed by atoms with Crippen molar-refractivity contribution in [1.29, 1.82) is 0 Å². The lowest BCUT2D eigenvalue weighted by Gasteiger charge is -2.36. The van der Waals surface area contributed by atoms with Crippen LogP contribution in [0.2, 0.25) is 0 Å². The lowest BCUT2D eigenvalue weighted by molar-refractivity contribution is -0.132. The van der Waals surface area contributed by atoms with Crippen LogP contribution in [-0.2, 0) is 9.53 Å². The molecule has 0 radical (unpaired) electrons. The fourth-order valence-corrected chi connectivity index (χ4v) is 3.91. The molecule has 2 fully saturated rings. The highest BCUT2D eigenvalue weighted by Gasteiger charge is 2.41. The number of nitrogens with zero attached hydrogens (tertiary/aromatic N) is 1. The highest BCUT2D eigenvalue weighted by atomic mass is 16.5. The van der Waals surface area contributed by atoms with Crippen molar-refractivity contribution in [2.24, 2.45) is 11.3 Å². The first-order valence-corrected chi connectivity index (χ1v) is 9.35. The van der Waals surface area contributed by atoms with Crippen molar-refractivity contribution in [2.75, 3.05) is 13.3 Å². The number of carbonyl (C=O) groups excluding carboxylic acids is 2. The molecule has 3 amide bonds. The number of ether oxygens (including phenoxy) is 1. The first-order chi connectivity index (χ1) is 11.5. The molecule has 1 saturated carbocycles. The molecule has 1 saturated heterocycles. The second-order valence-corrected chi connectivity index (χ2v) is 7.35. The van der Waals surface area contributed by atoms with Gasteiger partial charge >= 0.3 is 6.03 Å². The Kier molecular flexibility index (Phi) is 6.84. The fraction of sp³-hybridized carbons (Fsp3) is 0.789. The first-order valence-electron chi connectivity index (χ1n) is 9.35. The topological polar surface area (TPSA) is 58.6 Å². The summed E-state index contributed by atoms with van der Waals surface area (Å²) in [5.74, 6) is 0.251. The van der Waals surface area contributed by atoms with E-state index in [2.05, 4.69) is 25.7 Å². The van der Waals surface area contributed by atoms with Gasteiger partial charge in [0, 0.05) is 5.41 Å². The van der Waals surface area contributed by atoms with Crippen molar-refractivity contribution in [3.63, 3.8) is 0 Å². The standard InChI is InChI=1S/C19H32N2O3/c1-4-6-10-19(11-8-7-9-12-19)17(22)20-18(23)21-14-24-13-16(21)15(3)5-2/h4,15-16H,1,5-14H2,2-3H3,(H,20,22,23)/t15?,16-/m1/s1. The van der Waals surface area contributed by atoms with Gasteiger partial charge in [0.15, 0.2) is 0 Å². The van der Waals surface area contributed by atoms with Crippen molar-refractivity contribution in [2.45, 2.75) is 71.3 Å². The van der Waals surface area contributed by atoms with Crippen LogP contribution in [0.5, 0.6) is 0 Å². The molecule has 1 unspecified atom stereocenters. The quantitative estimate of drug-likeness (QED) is 0.750. The van der Waals surface area contributed by atoms with Crippen LogP contribution in [0.15, 0.2) is 12.7 Å². The highest BCUT2D eigenvalue weighted by Crippen LogP contribution is 2.40. The van der Waals surface area contributed by atoms with Crippen LogP contribution in [0, 0.1) is 11.3 Å². The predicted octanol–water partition coefficient (Wildman–Crippen LogP) is 3.84. The summed E-state index contributed by atoms with van der Waals surface area (Å²) in [7, 11) is 0. The average Bonchev–Trinajstić information content (AvgIpc) is 3.09. The molecular weight excluding hydrogens is 304 g/mol. The Hall–Kier alpha value is -1.36. The Morgan fingerprint density at radius 3 is 2.71 bits per heavy atom. The summed E-state index contributed by atoms with van der Waals surface area (Å²) in [5, 5.41) is 2.68. The summed E-state index contributed by atoms with van der Waals surface area (Å²) in [6.07, 6.45) is 9.45. The number of carbonyl (C=O) groups is 2. The van der Waals surface area contributed by atoms with E-state index in [0.717, 1.165) is 44.9 Å². The lowest BCUT2D eigenvalue weighted by Crippen LogP contribution is -2.52. The predicted molar refractivity (Wildman–Crippen MR) is 94.4 cm³/mol. The Balaban J connectivity index is 2.02. The number of allylic oxidation sites excluding steroid dienone is 1. The monoisotopic (exact) mass is 336 g/mol. The van der Waals surface area contributed by atoms with Crippen LogP contribution < -0.4 is 5.32 Å². The van der Waals surface area contributed by atoms with Gasteiger partial charge in [-0.3, -0.25) is 15.0 Å². The molecule has 1 N–H and O–H groups in total. The average molecular weight is 336 g/mol. The van der Waals surface area contributed by atoms with Gasteiger partial charge in [-0.1, -0.05) is 45.6 Å². The van der Waals surface area contributed by atoms with Crippen molar-refractivity contribution < 1.29 is 14.3 Å². The molecule has 1 heterocycles. The smallest absolute Gasteiger partial charge is 0.326 e. The largest absolute Gasteiger partial charge is 0.359 e. The van der Waals surface area contributed by atoms with Gasteiger partial charge in [-0.2, -0.15) is 0 Å². The summed E-state index contributed by atoms with van der Waals surface area (Å²) < 4.78 is 5.47. The summed E-state index contributed by atoms with van der Waals surface area (Å²) in [4.78, 5) is 27.2. The summed E-state index contributed by atoms with van der Waals surface area (Å²) in [5.41, 5.74) is -0.408. The van der Waals surface area contributed by atoms with Gasteiger partial charge in [-0.05, 0) is 31.6 Å². The molecule has 2 rings (SSSR count). The van der Waals surface area contributed by atoms with E-state index < -0.39 is 5.41 Å². The van der Waals surface area contributed by atoms with Crippen molar-refractivity contribution in [1.82, 2.24) is 10.2 Å². The molecule has 1 aliphatic carbocycles. The minimum Gasteiger partial charge on any atom is -0.359 e. The van der Waals surface area contributed by atoms with Crippen LogP contribution in [0.4, 0.5) is 4.79 Å². The molecule has 5 nitrogen and oxygen atoms in total. The minimum absolute atomic E-state index is 0.0540. The molecule has 1 aliphatic heterocycles. The van der Waals surface area contributed by atoms with Gasteiger partial charge in [0.05, 0.1) is 12.6 Å². The summed E-state index contributed by atoms with van der Waals surface area (Å²) in [6.45, 7) is 8.83. The highest BCUT2D eigenvalue weighted by molar-refractivity contribution is 5.97. The zero-order valence-electron chi connectivity index (χ0n) is 15.2. The van der Waals surface area contributed by atoms with Crippen LogP contribution in [0.25, 0.3) is 0 Å². The number of hydrogen-bond donors (Lipinski definition) is 1. The Labute approximate surface area is 145 Å². The van der Waals surface area contributed by atoms with Crippen LogP contribution >= 0.6 is 0 Å². The third-order valence-corrected chi connectivity index (χ3v) is 5.82. The molecule has 0 bridgehead atoms. The molecule has 0 aromatic rings. The normalized spacial score (nSPS) is 24.4. The maximum Gasteiger partial charge on any atom is 0.326 e. The van der Waals surface area contributed by atoms with E-state index in [4.69, 9.17) is 4.74 Å². The molecule has 136 valence electrons. The van der Waals surface area contributed by atoms with Gasteiger partial charge < -0.3 is 4.74 Å². The van der Waals surface area contributed by atoms with Gasteiger partial charge in [0.25, 0.3) is 0 Å². The summed E-state index contributed by atoms with van der Waals surface area (Å²) in [6, 6.07) is -0.246. The van der Waals surface area contributed by atoms with Gasteiger partial charge in [0.2, 0.25) is 5.91 Å². The lowest BCUT2D eigenvalue weighted by atomic mass is 9.70. The Morgan fingerprint density at radius 1 is 1.38 bits per heavy atom.